The number of nitrogens with zero attached hydrogens (tertiary/aromatic N) is 1. The Morgan fingerprint density at radius 2 is 1.00 bits per heavy atom. The van der Waals surface area contributed by atoms with Crippen LogP contribution in [0.4, 0.5) is 17.1 Å². The summed E-state index contributed by atoms with van der Waals surface area (Å²) < 4.78 is 9.46. The zero-order valence-corrected chi connectivity index (χ0v) is 32.8. The Kier molecular flexibility index (Phi) is 7.75. The summed E-state index contributed by atoms with van der Waals surface area (Å²) >= 11 is 1.87. The van der Waals surface area contributed by atoms with Crippen molar-refractivity contribution in [2.75, 3.05) is 4.90 Å². The van der Waals surface area contributed by atoms with Gasteiger partial charge in [-0.25, -0.2) is 0 Å². The molecule has 2 aromatic heterocycles. The van der Waals surface area contributed by atoms with Gasteiger partial charge < -0.3 is 9.32 Å². The molecule has 0 aliphatic heterocycles. The van der Waals surface area contributed by atoms with Crippen LogP contribution in [-0.4, -0.2) is 0 Å². The summed E-state index contributed by atoms with van der Waals surface area (Å²) in [6, 6.07) is 76.8. The van der Waals surface area contributed by atoms with Crippen molar-refractivity contribution in [1.29, 1.82) is 0 Å². The largest absolute Gasteiger partial charge is 0.455 e. The molecule has 0 bridgehead atoms. The molecule has 0 amide bonds. The van der Waals surface area contributed by atoms with Crippen LogP contribution in [0.1, 0.15) is 0 Å². The molecule has 12 aromatic rings. The first-order valence-corrected chi connectivity index (χ1v) is 20.9. The Morgan fingerprint density at radius 3 is 1.85 bits per heavy atom. The lowest BCUT2D eigenvalue weighted by Gasteiger charge is -2.28. The predicted molar refractivity (Wildman–Crippen MR) is 253 cm³/mol. The number of hydrogen-bond donors (Lipinski definition) is 0. The molecule has 12 rings (SSSR count). The highest BCUT2D eigenvalue weighted by Crippen LogP contribution is 2.51. The maximum Gasteiger partial charge on any atom is 0.145 e. The van der Waals surface area contributed by atoms with Gasteiger partial charge in [-0.1, -0.05) is 170 Å². The SMILES string of the molecule is c1ccc(-c2ccc(-c3ccc(N(c4ccc5c(ccc6ccccc65)c4)c4cccc5sc6c(-c7ccccc7)cccc6c45)c4c3oc3ccccc34)cc2)cc1. The molecule has 276 valence electrons. The van der Waals surface area contributed by atoms with Crippen LogP contribution < -0.4 is 4.90 Å². The zero-order valence-electron chi connectivity index (χ0n) is 32.0. The Hall–Kier alpha value is -7.46. The maximum atomic E-state index is 6.92. The van der Waals surface area contributed by atoms with Crippen LogP contribution in [-0.2, 0) is 0 Å². The molecule has 0 aliphatic rings. The molecule has 0 N–H and O–H groups in total. The van der Waals surface area contributed by atoms with Gasteiger partial charge in [0, 0.05) is 36.8 Å². The lowest BCUT2D eigenvalue weighted by atomic mass is 9.97. The fourth-order valence-corrected chi connectivity index (χ4v) is 10.4. The molecule has 3 heteroatoms. The van der Waals surface area contributed by atoms with E-state index < -0.39 is 0 Å². The van der Waals surface area contributed by atoms with Crippen molar-refractivity contribution in [3.63, 3.8) is 0 Å². The topological polar surface area (TPSA) is 16.4 Å². The van der Waals surface area contributed by atoms with Crippen LogP contribution >= 0.6 is 11.3 Å². The molecular formula is C56H35NOS. The van der Waals surface area contributed by atoms with Crippen molar-refractivity contribution >= 4 is 92.1 Å². The monoisotopic (exact) mass is 769 g/mol. The number of fused-ring (bicyclic) bond motifs is 9. The first kappa shape index (κ1) is 33.7. The van der Waals surface area contributed by atoms with Gasteiger partial charge in [-0.2, -0.15) is 0 Å². The highest BCUT2D eigenvalue weighted by atomic mass is 32.1. The van der Waals surface area contributed by atoms with Gasteiger partial charge in [0.1, 0.15) is 11.2 Å². The van der Waals surface area contributed by atoms with E-state index in [1.807, 2.05) is 11.3 Å². The average molecular weight is 770 g/mol. The van der Waals surface area contributed by atoms with Crippen LogP contribution in [0.2, 0.25) is 0 Å². The Balaban J connectivity index is 1.14. The van der Waals surface area contributed by atoms with Crippen molar-refractivity contribution < 1.29 is 4.42 Å². The third kappa shape index (κ3) is 5.47. The Morgan fingerprint density at radius 1 is 0.373 bits per heavy atom. The van der Waals surface area contributed by atoms with Gasteiger partial charge in [-0.3, -0.25) is 0 Å². The first-order chi connectivity index (χ1) is 29.3. The lowest BCUT2D eigenvalue weighted by molar-refractivity contribution is 0.670. The van der Waals surface area contributed by atoms with Crippen molar-refractivity contribution in [2.24, 2.45) is 0 Å². The van der Waals surface area contributed by atoms with E-state index in [-0.39, 0.29) is 0 Å². The summed E-state index contributed by atoms with van der Waals surface area (Å²) in [5, 5.41) is 9.61. The van der Waals surface area contributed by atoms with Crippen LogP contribution in [0.5, 0.6) is 0 Å². The number of benzene rings is 10. The number of para-hydroxylation sites is 1. The smallest absolute Gasteiger partial charge is 0.145 e. The van der Waals surface area contributed by atoms with Crippen LogP contribution in [0.15, 0.2) is 217 Å². The van der Waals surface area contributed by atoms with Crippen LogP contribution in [0, 0.1) is 0 Å². The summed E-state index contributed by atoms with van der Waals surface area (Å²) in [6.07, 6.45) is 0. The lowest BCUT2D eigenvalue weighted by Crippen LogP contribution is -2.11. The fourth-order valence-electron chi connectivity index (χ4n) is 9.11. The molecule has 0 saturated heterocycles. The normalized spacial score (nSPS) is 11.7. The molecule has 0 aliphatic carbocycles. The summed E-state index contributed by atoms with van der Waals surface area (Å²) in [7, 11) is 0. The Bertz CT molecular complexity index is 3550. The van der Waals surface area contributed by atoms with E-state index in [0.717, 1.165) is 50.1 Å². The van der Waals surface area contributed by atoms with Gasteiger partial charge in [0.15, 0.2) is 0 Å². The standard InChI is InChI=1S/C56H35NOS/c1-3-13-36(14-4-1)37-25-27-40(28-26-37)45-33-34-50(54-47-19-9-10-23-51(47)58-55(45)54)57(42-31-32-44-41(35-42)30-29-39-17-7-8-18-43(39)44)49-22-12-24-52-53(49)48-21-11-20-46(56(48)59-52)38-15-5-2-6-16-38/h1-35H. The molecule has 59 heavy (non-hydrogen) atoms. The van der Waals surface area contributed by atoms with Gasteiger partial charge in [-0.15, -0.1) is 11.3 Å². The van der Waals surface area contributed by atoms with Gasteiger partial charge in [0.2, 0.25) is 0 Å². The third-order valence-electron chi connectivity index (χ3n) is 11.9. The Labute approximate surface area is 345 Å². The van der Waals surface area contributed by atoms with E-state index in [1.165, 1.54) is 64.0 Å². The van der Waals surface area contributed by atoms with Crippen LogP contribution in [0.25, 0.3) is 97.0 Å². The quantitative estimate of drug-likeness (QED) is 0.157. The fraction of sp³-hybridized carbons (Fsp3) is 0. The maximum absolute atomic E-state index is 6.92. The highest BCUT2D eigenvalue weighted by Gasteiger charge is 2.25. The number of anilines is 3. The minimum absolute atomic E-state index is 0.869. The number of hydrogen-bond acceptors (Lipinski definition) is 3. The summed E-state index contributed by atoms with van der Waals surface area (Å²) in [5.41, 5.74) is 12.1. The van der Waals surface area contributed by atoms with Gasteiger partial charge in [0.05, 0.1) is 16.8 Å². The number of furan rings is 1. The van der Waals surface area contributed by atoms with Crippen molar-refractivity contribution in [1.82, 2.24) is 0 Å². The van der Waals surface area contributed by atoms with Gasteiger partial charge >= 0.3 is 0 Å². The minimum Gasteiger partial charge on any atom is -0.455 e. The minimum atomic E-state index is 0.869. The first-order valence-electron chi connectivity index (χ1n) is 20.1. The summed E-state index contributed by atoms with van der Waals surface area (Å²) in [4.78, 5) is 2.48. The molecule has 0 radical (unpaired) electrons. The third-order valence-corrected chi connectivity index (χ3v) is 13.1. The van der Waals surface area contributed by atoms with Gasteiger partial charge in [-0.05, 0) is 91.8 Å². The molecule has 0 fully saturated rings. The van der Waals surface area contributed by atoms with Crippen molar-refractivity contribution in [3.8, 4) is 33.4 Å². The molecule has 2 nitrogen and oxygen atoms in total. The second kappa shape index (κ2) is 13.6. The van der Waals surface area contributed by atoms with E-state index in [4.69, 9.17) is 4.42 Å². The number of thiophene rings is 1. The van der Waals surface area contributed by atoms with E-state index in [1.54, 1.807) is 0 Å². The zero-order chi connectivity index (χ0) is 38.9. The van der Waals surface area contributed by atoms with Crippen LogP contribution in [0.3, 0.4) is 0 Å². The average Bonchev–Trinajstić information content (AvgIpc) is 3.90. The van der Waals surface area contributed by atoms with Crippen molar-refractivity contribution in [2.45, 2.75) is 0 Å². The molecule has 10 aromatic carbocycles. The molecule has 0 atom stereocenters. The van der Waals surface area contributed by atoms with Crippen molar-refractivity contribution in [3.05, 3.63) is 212 Å². The second-order valence-corrected chi connectivity index (χ2v) is 16.3. The number of rotatable bonds is 6. The summed E-state index contributed by atoms with van der Waals surface area (Å²) in [6.45, 7) is 0. The second-order valence-electron chi connectivity index (χ2n) is 15.2. The predicted octanol–water partition coefficient (Wildman–Crippen LogP) is 16.7. The molecule has 0 spiro atoms. The molecular weight excluding hydrogens is 735 g/mol. The molecule has 0 saturated carbocycles. The van der Waals surface area contributed by atoms with E-state index >= 15 is 0 Å². The van der Waals surface area contributed by atoms with E-state index in [2.05, 4.69) is 217 Å². The highest BCUT2D eigenvalue weighted by molar-refractivity contribution is 7.26. The molecule has 2 heterocycles. The van der Waals surface area contributed by atoms with E-state index in [9.17, 15) is 0 Å². The molecule has 0 unspecified atom stereocenters. The van der Waals surface area contributed by atoms with E-state index in [0.29, 0.717) is 0 Å². The summed E-state index contributed by atoms with van der Waals surface area (Å²) in [5.74, 6) is 0. The van der Waals surface area contributed by atoms with Gasteiger partial charge in [0.25, 0.3) is 0 Å².